The molecule has 2 aromatic carbocycles. The van der Waals surface area contributed by atoms with Gasteiger partial charge in [0.1, 0.15) is 18.5 Å². The van der Waals surface area contributed by atoms with E-state index in [1.54, 1.807) is 12.1 Å². The Bertz CT molecular complexity index is 694. The van der Waals surface area contributed by atoms with Gasteiger partial charge in [-0.3, -0.25) is 0 Å². The van der Waals surface area contributed by atoms with Crippen molar-refractivity contribution < 1.29 is 19.7 Å². The quantitative estimate of drug-likeness (QED) is 0.805. The van der Waals surface area contributed by atoms with Crippen molar-refractivity contribution in [1.82, 2.24) is 0 Å². The second-order valence-electron chi connectivity index (χ2n) is 5.57. The molecule has 4 heteroatoms. The fourth-order valence-corrected chi connectivity index (χ4v) is 2.83. The van der Waals surface area contributed by atoms with Gasteiger partial charge in [0, 0.05) is 23.6 Å². The van der Waals surface area contributed by atoms with E-state index in [1.807, 2.05) is 30.3 Å². The molecule has 23 heavy (non-hydrogen) atoms. The van der Waals surface area contributed by atoms with Crippen molar-refractivity contribution in [2.75, 3.05) is 6.61 Å². The molecule has 1 heterocycles. The second kappa shape index (κ2) is 6.75. The first-order valence-corrected chi connectivity index (χ1v) is 7.65. The largest absolute Gasteiger partial charge is 0.504 e. The fraction of sp³-hybridized carbons (Fsp3) is 0.263. The lowest BCUT2D eigenvalue weighted by molar-refractivity contribution is 0.132. The summed E-state index contributed by atoms with van der Waals surface area (Å²) in [4.78, 5) is 0. The van der Waals surface area contributed by atoms with Gasteiger partial charge in [-0.1, -0.05) is 36.4 Å². The van der Waals surface area contributed by atoms with Gasteiger partial charge in [0.2, 0.25) is 0 Å². The molecule has 1 unspecified atom stereocenters. The molecule has 1 aliphatic rings. The minimum Gasteiger partial charge on any atom is -0.504 e. The maximum atomic E-state index is 10.2. The molecule has 0 amide bonds. The summed E-state index contributed by atoms with van der Waals surface area (Å²) in [5.41, 5.74) is 2.91. The monoisotopic (exact) mass is 312 g/mol. The average molecular weight is 312 g/mol. The molecule has 0 radical (unpaired) electrons. The SMILES string of the molecule is C=CCc1c(OCc2ccccc2)cc(O)c2c1CC(CO)O2. The van der Waals surface area contributed by atoms with Crippen LogP contribution in [0.5, 0.6) is 17.2 Å². The van der Waals surface area contributed by atoms with Gasteiger partial charge in [0.05, 0.1) is 6.61 Å². The highest BCUT2D eigenvalue weighted by molar-refractivity contribution is 5.59. The van der Waals surface area contributed by atoms with Gasteiger partial charge in [-0.05, 0) is 12.0 Å². The van der Waals surface area contributed by atoms with Crippen molar-refractivity contribution >= 4 is 0 Å². The van der Waals surface area contributed by atoms with Gasteiger partial charge in [-0.15, -0.1) is 6.58 Å². The maximum absolute atomic E-state index is 10.2. The minimum absolute atomic E-state index is 0.0480. The third-order valence-electron chi connectivity index (χ3n) is 3.94. The number of aliphatic hydroxyl groups is 1. The van der Waals surface area contributed by atoms with Gasteiger partial charge in [0.25, 0.3) is 0 Å². The molecule has 4 nitrogen and oxygen atoms in total. The predicted octanol–water partition coefficient (Wildman–Crippen LogP) is 3.00. The Morgan fingerprint density at radius 3 is 2.78 bits per heavy atom. The van der Waals surface area contributed by atoms with Crippen molar-refractivity contribution in [3.8, 4) is 17.2 Å². The molecule has 3 rings (SSSR count). The zero-order valence-electron chi connectivity index (χ0n) is 12.9. The number of benzene rings is 2. The third kappa shape index (κ3) is 3.17. The number of hydrogen-bond donors (Lipinski definition) is 2. The van der Waals surface area contributed by atoms with E-state index in [2.05, 4.69) is 6.58 Å². The van der Waals surface area contributed by atoms with E-state index < -0.39 is 0 Å². The van der Waals surface area contributed by atoms with Crippen LogP contribution >= 0.6 is 0 Å². The molecule has 0 aromatic heterocycles. The molecule has 120 valence electrons. The summed E-state index contributed by atoms with van der Waals surface area (Å²) < 4.78 is 11.5. The van der Waals surface area contributed by atoms with E-state index in [0.29, 0.717) is 30.9 Å². The number of rotatable bonds is 6. The Morgan fingerprint density at radius 1 is 1.30 bits per heavy atom. The Balaban J connectivity index is 1.91. The number of aromatic hydroxyl groups is 1. The van der Waals surface area contributed by atoms with Crippen LogP contribution in [-0.2, 0) is 19.4 Å². The van der Waals surface area contributed by atoms with E-state index in [-0.39, 0.29) is 18.5 Å². The van der Waals surface area contributed by atoms with Crippen LogP contribution in [0.2, 0.25) is 0 Å². The fourth-order valence-electron chi connectivity index (χ4n) is 2.83. The normalized spacial score (nSPS) is 15.8. The number of allylic oxidation sites excluding steroid dienone is 1. The average Bonchev–Trinajstić information content (AvgIpc) is 3.02. The van der Waals surface area contributed by atoms with Crippen LogP contribution in [-0.4, -0.2) is 22.9 Å². The smallest absolute Gasteiger partial charge is 0.165 e. The van der Waals surface area contributed by atoms with E-state index in [1.165, 1.54) is 0 Å². The highest BCUT2D eigenvalue weighted by Gasteiger charge is 2.29. The van der Waals surface area contributed by atoms with Crippen LogP contribution in [0.3, 0.4) is 0 Å². The molecule has 2 aromatic rings. The summed E-state index contributed by atoms with van der Waals surface area (Å²) in [6, 6.07) is 11.4. The summed E-state index contributed by atoms with van der Waals surface area (Å²) in [6.45, 7) is 4.14. The Morgan fingerprint density at radius 2 is 2.09 bits per heavy atom. The van der Waals surface area contributed by atoms with Crippen molar-refractivity contribution in [2.45, 2.75) is 25.6 Å². The lowest BCUT2D eigenvalue weighted by Gasteiger charge is -2.15. The summed E-state index contributed by atoms with van der Waals surface area (Å²) in [5.74, 6) is 1.13. The van der Waals surface area contributed by atoms with E-state index in [0.717, 1.165) is 16.7 Å². The Hall–Kier alpha value is -2.46. The molecule has 1 atom stereocenters. The van der Waals surface area contributed by atoms with Crippen molar-refractivity contribution in [3.63, 3.8) is 0 Å². The van der Waals surface area contributed by atoms with Crippen LogP contribution < -0.4 is 9.47 Å². The number of ether oxygens (including phenoxy) is 2. The Labute approximate surface area is 135 Å². The second-order valence-corrected chi connectivity index (χ2v) is 5.57. The number of hydrogen-bond acceptors (Lipinski definition) is 4. The van der Waals surface area contributed by atoms with E-state index in [9.17, 15) is 10.2 Å². The molecule has 0 saturated carbocycles. The molecule has 2 N–H and O–H groups in total. The van der Waals surface area contributed by atoms with Gasteiger partial charge in [0.15, 0.2) is 11.5 Å². The number of phenolic OH excluding ortho intramolecular Hbond substituents is 1. The molecular formula is C19H20O4. The summed E-state index contributed by atoms with van der Waals surface area (Å²) >= 11 is 0. The maximum Gasteiger partial charge on any atom is 0.165 e. The minimum atomic E-state index is -0.316. The molecule has 0 fully saturated rings. The first-order valence-electron chi connectivity index (χ1n) is 7.65. The zero-order chi connectivity index (χ0) is 16.2. The van der Waals surface area contributed by atoms with Crippen molar-refractivity contribution in [2.24, 2.45) is 0 Å². The summed E-state index contributed by atoms with van der Waals surface area (Å²) in [5, 5.41) is 19.5. The lowest BCUT2D eigenvalue weighted by atomic mass is 9.99. The predicted molar refractivity (Wildman–Crippen MR) is 88.0 cm³/mol. The number of fused-ring (bicyclic) bond motifs is 1. The molecule has 0 spiro atoms. The van der Waals surface area contributed by atoms with Crippen LogP contribution in [0.1, 0.15) is 16.7 Å². The highest BCUT2D eigenvalue weighted by Crippen LogP contribution is 2.44. The van der Waals surface area contributed by atoms with Crippen molar-refractivity contribution in [3.05, 3.63) is 65.7 Å². The molecule has 0 saturated heterocycles. The Kier molecular flexibility index (Phi) is 4.53. The highest BCUT2D eigenvalue weighted by atomic mass is 16.5. The van der Waals surface area contributed by atoms with E-state index in [4.69, 9.17) is 9.47 Å². The standard InChI is InChI=1S/C19H20O4/c1-2-6-15-16-9-14(11-20)23-19(16)17(21)10-18(15)22-12-13-7-4-3-5-8-13/h2-5,7-8,10,14,20-21H,1,6,9,11-12H2. The first kappa shape index (κ1) is 15.4. The molecule has 1 aliphatic heterocycles. The van der Waals surface area contributed by atoms with Gasteiger partial charge in [-0.2, -0.15) is 0 Å². The summed E-state index contributed by atoms with van der Waals surface area (Å²) in [6.07, 6.45) is 2.66. The first-order chi connectivity index (χ1) is 11.2. The van der Waals surface area contributed by atoms with Crippen LogP contribution in [0.4, 0.5) is 0 Å². The number of aliphatic hydroxyl groups excluding tert-OH is 1. The number of phenols is 1. The molecule has 0 bridgehead atoms. The topological polar surface area (TPSA) is 58.9 Å². The lowest BCUT2D eigenvalue weighted by Crippen LogP contribution is -2.17. The van der Waals surface area contributed by atoms with Crippen LogP contribution in [0, 0.1) is 0 Å². The summed E-state index contributed by atoms with van der Waals surface area (Å²) in [7, 11) is 0. The van der Waals surface area contributed by atoms with Crippen LogP contribution in [0.25, 0.3) is 0 Å². The molecular weight excluding hydrogens is 292 g/mol. The van der Waals surface area contributed by atoms with Crippen molar-refractivity contribution in [1.29, 1.82) is 0 Å². The van der Waals surface area contributed by atoms with E-state index >= 15 is 0 Å². The van der Waals surface area contributed by atoms with Crippen LogP contribution in [0.15, 0.2) is 49.1 Å². The van der Waals surface area contributed by atoms with Gasteiger partial charge >= 0.3 is 0 Å². The van der Waals surface area contributed by atoms with Gasteiger partial charge < -0.3 is 19.7 Å². The third-order valence-corrected chi connectivity index (χ3v) is 3.94. The zero-order valence-corrected chi connectivity index (χ0v) is 12.9. The van der Waals surface area contributed by atoms with Gasteiger partial charge in [-0.25, -0.2) is 0 Å². The molecule has 0 aliphatic carbocycles.